The zero-order valence-corrected chi connectivity index (χ0v) is 13.3. The summed E-state index contributed by atoms with van der Waals surface area (Å²) < 4.78 is 31.5. The van der Waals surface area contributed by atoms with E-state index in [-0.39, 0.29) is 17.4 Å². The van der Waals surface area contributed by atoms with Crippen LogP contribution in [0.4, 0.5) is 0 Å². The number of hydrogen-bond donors (Lipinski definition) is 1. The quantitative estimate of drug-likeness (QED) is 0.834. The van der Waals surface area contributed by atoms with Crippen LogP contribution in [0.1, 0.15) is 26.3 Å². The maximum atomic E-state index is 12.4. The summed E-state index contributed by atoms with van der Waals surface area (Å²) in [4.78, 5) is 0.174. The maximum Gasteiger partial charge on any atom is 0.242 e. The minimum absolute atomic E-state index is 0.174. The van der Waals surface area contributed by atoms with Gasteiger partial charge in [0.05, 0.1) is 18.1 Å². The summed E-state index contributed by atoms with van der Waals surface area (Å²) in [5, 5.41) is 9.33. The first-order chi connectivity index (χ1) is 9.32. The van der Waals surface area contributed by atoms with Crippen LogP contribution in [0.15, 0.2) is 23.1 Å². The molecular weight excluding hydrogens is 278 g/mol. The summed E-state index contributed by atoms with van der Waals surface area (Å²) >= 11 is 0. The molecule has 0 unspecified atom stereocenters. The van der Waals surface area contributed by atoms with Gasteiger partial charge in [-0.25, -0.2) is 12.7 Å². The predicted octanol–water partition coefficient (Wildman–Crippen LogP) is 1.85. The van der Waals surface area contributed by atoms with Crippen LogP contribution in [0.3, 0.4) is 0 Å². The van der Waals surface area contributed by atoms with E-state index < -0.39 is 10.0 Å². The fourth-order valence-corrected chi connectivity index (χ4v) is 3.31. The number of sulfonamides is 1. The Kier molecular flexibility index (Phi) is 5.98. The largest absolute Gasteiger partial charge is 0.494 e. The first kappa shape index (κ1) is 16.9. The summed E-state index contributed by atoms with van der Waals surface area (Å²) in [5.74, 6) is 0.759. The van der Waals surface area contributed by atoms with E-state index in [1.165, 1.54) is 16.4 Å². The van der Waals surface area contributed by atoms with Crippen LogP contribution >= 0.6 is 0 Å². The van der Waals surface area contributed by atoms with Gasteiger partial charge >= 0.3 is 0 Å². The van der Waals surface area contributed by atoms with Crippen LogP contribution < -0.4 is 4.74 Å². The molecule has 0 amide bonds. The molecular formula is C14H23NO4S. The van der Waals surface area contributed by atoms with E-state index in [2.05, 4.69) is 0 Å². The lowest BCUT2D eigenvalue weighted by Gasteiger charge is -2.20. The first-order valence-electron chi connectivity index (χ1n) is 6.65. The monoisotopic (exact) mass is 301 g/mol. The zero-order chi connectivity index (χ0) is 15.3. The van der Waals surface area contributed by atoms with Crippen LogP contribution in [0.2, 0.25) is 0 Å². The van der Waals surface area contributed by atoms with E-state index in [9.17, 15) is 13.5 Å². The van der Waals surface area contributed by atoms with Crippen molar-refractivity contribution in [3.63, 3.8) is 0 Å². The zero-order valence-electron chi connectivity index (χ0n) is 12.5. The lowest BCUT2D eigenvalue weighted by molar-refractivity contribution is 0.266. The van der Waals surface area contributed by atoms with Crippen molar-refractivity contribution in [2.24, 2.45) is 5.92 Å². The van der Waals surface area contributed by atoms with Crippen molar-refractivity contribution in [2.45, 2.75) is 32.3 Å². The van der Waals surface area contributed by atoms with Gasteiger partial charge in [-0.1, -0.05) is 13.8 Å². The second-order valence-corrected chi connectivity index (χ2v) is 7.08. The number of ether oxygens (including phenoxy) is 1. The third-order valence-electron chi connectivity index (χ3n) is 2.83. The fraction of sp³-hybridized carbons (Fsp3) is 0.571. The Labute approximate surface area is 121 Å². The van der Waals surface area contributed by atoms with E-state index >= 15 is 0 Å². The van der Waals surface area contributed by atoms with E-state index in [4.69, 9.17) is 4.74 Å². The molecule has 1 rings (SSSR count). The summed E-state index contributed by atoms with van der Waals surface area (Å²) in [6, 6.07) is 4.57. The number of rotatable bonds is 7. The highest BCUT2D eigenvalue weighted by molar-refractivity contribution is 7.89. The van der Waals surface area contributed by atoms with Crippen molar-refractivity contribution in [2.75, 3.05) is 20.2 Å². The Balaban J connectivity index is 3.13. The van der Waals surface area contributed by atoms with Crippen LogP contribution in [-0.4, -0.2) is 38.0 Å². The molecule has 114 valence electrons. The van der Waals surface area contributed by atoms with E-state index in [0.717, 1.165) is 0 Å². The van der Waals surface area contributed by atoms with Crippen molar-refractivity contribution in [3.8, 4) is 5.75 Å². The minimum Gasteiger partial charge on any atom is -0.494 e. The third-order valence-corrected chi connectivity index (χ3v) is 4.65. The minimum atomic E-state index is -3.53. The average Bonchev–Trinajstić information content (AvgIpc) is 2.38. The predicted molar refractivity (Wildman–Crippen MR) is 78.2 cm³/mol. The van der Waals surface area contributed by atoms with E-state index in [1.807, 2.05) is 20.8 Å². The molecule has 1 aromatic carbocycles. The topological polar surface area (TPSA) is 66.8 Å². The SMILES string of the molecule is CCOc1ccc(S(=O)(=O)N(C)CC(C)C)cc1CO. The molecule has 0 spiro atoms. The average molecular weight is 301 g/mol. The summed E-state index contributed by atoms with van der Waals surface area (Å²) in [5.41, 5.74) is 0.478. The molecule has 0 atom stereocenters. The molecule has 6 heteroatoms. The van der Waals surface area contributed by atoms with Gasteiger partial charge < -0.3 is 9.84 Å². The lowest BCUT2D eigenvalue weighted by Crippen LogP contribution is -2.30. The van der Waals surface area contributed by atoms with Crippen molar-refractivity contribution in [1.29, 1.82) is 0 Å². The van der Waals surface area contributed by atoms with Gasteiger partial charge in [0, 0.05) is 19.2 Å². The normalized spacial score (nSPS) is 12.2. The molecule has 0 aromatic heterocycles. The van der Waals surface area contributed by atoms with Crippen LogP contribution in [-0.2, 0) is 16.6 Å². The van der Waals surface area contributed by atoms with Crippen molar-refractivity contribution < 1.29 is 18.3 Å². The van der Waals surface area contributed by atoms with Gasteiger partial charge in [-0.2, -0.15) is 0 Å². The van der Waals surface area contributed by atoms with E-state index in [0.29, 0.717) is 24.5 Å². The highest BCUT2D eigenvalue weighted by atomic mass is 32.2. The van der Waals surface area contributed by atoms with Gasteiger partial charge in [-0.3, -0.25) is 0 Å². The Morgan fingerprint density at radius 2 is 2.00 bits per heavy atom. The molecule has 0 aliphatic rings. The molecule has 0 radical (unpaired) electrons. The van der Waals surface area contributed by atoms with Gasteiger partial charge in [0.25, 0.3) is 0 Å². The Morgan fingerprint density at radius 1 is 1.35 bits per heavy atom. The smallest absolute Gasteiger partial charge is 0.242 e. The van der Waals surface area contributed by atoms with Crippen LogP contribution in [0, 0.1) is 5.92 Å². The third kappa shape index (κ3) is 3.94. The van der Waals surface area contributed by atoms with Crippen LogP contribution in [0.25, 0.3) is 0 Å². The molecule has 5 nitrogen and oxygen atoms in total. The van der Waals surface area contributed by atoms with Gasteiger partial charge in [0.1, 0.15) is 5.75 Å². The summed E-state index contributed by atoms with van der Waals surface area (Å²) in [7, 11) is -1.97. The highest BCUT2D eigenvalue weighted by Gasteiger charge is 2.22. The number of aliphatic hydroxyl groups excluding tert-OH is 1. The maximum absolute atomic E-state index is 12.4. The van der Waals surface area contributed by atoms with Gasteiger partial charge in [0.2, 0.25) is 10.0 Å². The van der Waals surface area contributed by atoms with Crippen LogP contribution in [0.5, 0.6) is 5.75 Å². The Morgan fingerprint density at radius 3 is 2.50 bits per heavy atom. The molecule has 0 saturated carbocycles. The standard InChI is InChI=1S/C14H23NO4S/c1-5-19-14-7-6-13(8-12(14)10-16)20(17,18)15(4)9-11(2)3/h6-8,11,16H,5,9-10H2,1-4H3. The summed E-state index contributed by atoms with van der Waals surface area (Å²) in [6.45, 7) is 6.41. The fourth-order valence-electron chi connectivity index (χ4n) is 1.93. The molecule has 1 N–H and O–H groups in total. The van der Waals surface area contributed by atoms with Crippen molar-refractivity contribution in [1.82, 2.24) is 4.31 Å². The molecule has 0 bridgehead atoms. The molecule has 0 fully saturated rings. The lowest BCUT2D eigenvalue weighted by atomic mass is 10.2. The number of aliphatic hydroxyl groups is 1. The Hall–Kier alpha value is -1.11. The van der Waals surface area contributed by atoms with Crippen molar-refractivity contribution in [3.05, 3.63) is 23.8 Å². The molecule has 0 aliphatic heterocycles. The Bertz CT molecular complexity index is 540. The van der Waals surface area contributed by atoms with Gasteiger partial charge in [-0.15, -0.1) is 0 Å². The van der Waals surface area contributed by atoms with E-state index in [1.54, 1.807) is 13.1 Å². The van der Waals surface area contributed by atoms with Gasteiger partial charge in [0.15, 0.2) is 0 Å². The molecule has 0 saturated heterocycles. The second kappa shape index (κ2) is 7.06. The second-order valence-electron chi connectivity index (χ2n) is 5.04. The van der Waals surface area contributed by atoms with Crippen molar-refractivity contribution >= 4 is 10.0 Å². The number of benzene rings is 1. The molecule has 0 heterocycles. The number of nitrogens with zero attached hydrogens (tertiary/aromatic N) is 1. The molecule has 20 heavy (non-hydrogen) atoms. The molecule has 1 aromatic rings. The van der Waals surface area contributed by atoms with Gasteiger partial charge in [-0.05, 0) is 31.0 Å². The summed E-state index contributed by atoms with van der Waals surface area (Å²) in [6.07, 6.45) is 0. The highest BCUT2D eigenvalue weighted by Crippen LogP contribution is 2.24. The molecule has 0 aliphatic carbocycles. The first-order valence-corrected chi connectivity index (χ1v) is 8.09. The number of hydrogen-bond acceptors (Lipinski definition) is 4.